The molecule has 5 nitrogen and oxygen atoms in total. The molecule has 0 radical (unpaired) electrons. The number of hydrogen-bond acceptors (Lipinski definition) is 3. The molecule has 1 aromatic heterocycles. The number of anilines is 1. The van der Waals surface area contributed by atoms with Gasteiger partial charge >= 0.3 is 0 Å². The number of rotatable bonds is 7. The van der Waals surface area contributed by atoms with Crippen LogP contribution in [0.2, 0.25) is 0 Å². The van der Waals surface area contributed by atoms with Gasteiger partial charge in [0.1, 0.15) is 6.54 Å². The molecular formula is C14H26N4O. The smallest absolute Gasteiger partial charge is 0.241 e. The van der Waals surface area contributed by atoms with Crippen molar-refractivity contribution in [2.24, 2.45) is 5.92 Å². The summed E-state index contributed by atoms with van der Waals surface area (Å²) in [7, 11) is 0. The van der Waals surface area contributed by atoms with Crippen molar-refractivity contribution in [1.29, 1.82) is 0 Å². The van der Waals surface area contributed by atoms with Crippen LogP contribution in [0.15, 0.2) is 0 Å². The Balaban J connectivity index is 2.29. The molecule has 19 heavy (non-hydrogen) atoms. The zero-order chi connectivity index (χ0) is 14.4. The van der Waals surface area contributed by atoms with Crippen molar-refractivity contribution < 1.29 is 4.79 Å². The molecule has 1 aromatic rings. The molecule has 0 atom stereocenters. The number of aryl methyl sites for hydroxylation is 1. The Morgan fingerprint density at radius 3 is 2.58 bits per heavy atom. The minimum absolute atomic E-state index is 0.00449. The second-order valence-electron chi connectivity index (χ2n) is 5.48. The summed E-state index contributed by atoms with van der Waals surface area (Å²) in [5.74, 6) is 0.725. The summed E-state index contributed by atoms with van der Waals surface area (Å²) in [4.78, 5) is 11.8. The van der Waals surface area contributed by atoms with Crippen LogP contribution in [0.25, 0.3) is 0 Å². The normalized spacial score (nSPS) is 11.0. The van der Waals surface area contributed by atoms with E-state index in [1.54, 1.807) is 4.68 Å². The maximum atomic E-state index is 11.8. The summed E-state index contributed by atoms with van der Waals surface area (Å²) in [5, 5.41) is 7.17. The zero-order valence-electron chi connectivity index (χ0n) is 12.5. The summed E-state index contributed by atoms with van der Waals surface area (Å²) in [6.45, 7) is 9.14. The Kier molecular flexibility index (Phi) is 5.86. The van der Waals surface area contributed by atoms with E-state index < -0.39 is 0 Å². The number of nitrogen functional groups attached to an aromatic ring is 1. The number of amides is 1. The van der Waals surface area contributed by atoms with Crippen LogP contribution in [-0.4, -0.2) is 22.2 Å². The van der Waals surface area contributed by atoms with Gasteiger partial charge in [-0.25, -0.2) is 0 Å². The van der Waals surface area contributed by atoms with E-state index in [2.05, 4.69) is 24.3 Å². The second-order valence-corrected chi connectivity index (χ2v) is 5.48. The molecule has 0 saturated carbocycles. The number of unbranched alkanes of at least 4 members (excludes halogenated alkanes) is 1. The van der Waals surface area contributed by atoms with Crippen LogP contribution in [0.4, 0.5) is 5.69 Å². The van der Waals surface area contributed by atoms with E-state index in [0.29, 0.717) is 5.69 Å². The van der Waals surface area contributed by atoms with Gasteiger partial charge < -0.3 is 11.1 Å². The summed E-state index contributed by atoms with van der Waals surface area (Å²) >= 11 is 0. The zero-order valence-corrected chi connectivity index (χ0v) is 12.5. The van der Waals surface area contributed by atoms with Crippen molar-refractivity contribution in [3.8, 4) is 0 Å². The third kappa shape index (κ3) is 4.93. The lowest BCUT2D eigenvalue weighted by atomic mass is 10.1. The standard InChI is InChI=1S/C14H26N4O/c1-10(2)7-5-6-8-16-13(19)9-18-12(4)14(15)11(3)17-18/h10H,5-9,15H2,1-4H3,(H,16,19). The molecule has 0 saturated heterocycles. The van der Waals surface area contributed by atoms with E-state index in [0.717, 1.165) is 36.7 Å². The largest absolute Gasteiger partial charge is 0.396 e. The average Bonchev–Trinajstić information content (AvgIpc) is 2.56. The highest BCUT2D eigenvalue weighted by Crippen LogP contribution is 2.14. The first-order valence-electron chi connectivity index (χ1n) is 6.98. The maximum absolute atomic E-state index is 11.8. The lowest BCUT2D eigenvalue weighted by Gasteiger charge is -2.07. The average molecular weight is 266 g/mol. The molecule has 1 heterocycles. The van der Waals surface area contributed by atoms with Gasteiger partial charge in [0.05, 0.1) is 17.1 Å². The third-order valence-electron chi connectivity index (χ3n) is 3.26. The topological polar surface area (TPSA) is 72.9 Å². The van der Waals surface area contributed by atoms with Crippen LogP contribution in [0.1, 0.15) is 44.5 Å². The third-order valence-corrected chi connectivity index (χ3v) is 3.26. The first-order valence-corrected chi connectivity index (χ1v) is 6.98. The highest BCUT2D eigenvalue weighted by Gasteiger charge is 2.10. The molecule has 1 rings (SSSR count). The molecule has 0 aliphatic heterocycles. The van der Waals surface area contributed by atoms with Gasteiger partial charge in [-0.2, -0.15) is 5.10 Å². The highest BCUT2D eigenvalue weighted by molar-refractivity contribution is 5.75. The molecule has 5 heteroatoms. The first kappa shape index (κ1) is 15.5. The number of nitrogens with two attached hydrogens (primary N) is 1. The van der Waals surface area contributed by atoms with Gasteiger partial charge in [-0.3, -0.25) is 9.48 Å². The number of nitrogens with zero attached hydrogens (tertiary/aromatic N) is 2. The number of hydrogen-bond donors (Lipinski definition) is 2. The molecule has 0 unspecified atom stereocenters. The van der Waals surface area contributed by atoms with Gasteiger partial charge in [-0.1, -0.05) is 26.7 Å². The number of nitrogens with one attached hydrogen (secondary N) is 1. The Labute approximate surface area is 115 Å². The van der Waals surface area contributed by atoms with Crippen LogP contribution in [0, 0.1) is 19.8 Å². The van der Waals surface area contributed by atoms with Crippen LogP contribution in [0.5, 0.6) is 0 Å². The van der Waals surface area contributed by atoms with Gasteiger partial charge in [0.15, 0.2) is 0 Å². The Morgan fingerprint density at radius 1 is 1.37 bits per heavy atom. The SMILES string of the molecule is Cc1nn(CC(=O)NCCCCC(C)C)c(C)c1N. The molecule has 0 fully saturated rings. The van der Waals surface area contributed by atoms with Crippen molar-refractivity contribution in [3.05, 3.63) is 11.4 Å². The van der Waals surface area contributed by atoms with Gasteiger partial charge in [0, 0.05) is 6.54 Å². The lowest BCUT2D eigenvalue weighted by Crippen LogP contribution is -2.29. The first-order chi connectivity index (χ1) is 8.91. The van der Waals surface area contributed by atoms with Gasteiger partial charge in [-0.15, -0.1) is 0 Å². The van der Waals surface area contributed by atoms with E-state index >= 15 is 0 Å². The number of carbonyl (C=O) groups excluding carboxylic acids is 1. The van der Waals surface area contributed by atoms with E-state index in [-0.39, 0.29) is 12.5 Å². The Morgan fingerprint density at radius 2 is 2.05 bits per heavy atom. The molecule has 0 aromatic carbocycles. The quantitative estimate of drug-likeness (QED) is 0.742. The van der Waals surface area contributed by atoms with Gasteiger partial charge in [0.25, 0.3) is 0 Å². The predicted octanol–water partition coefficient (Wildman–Crippen LogP) is 2.02. The van der Waals surface area contributed by atoms with Gasteiger partial charge in [-0.05, 0) is 26.2 Å². The molecular weight excluding hydrogens is 240 g/mol. The minimum atomic E-state index is -0.00449. The maximum Gasteiger partial charge on any atom is 0.241 e. The summed E-state index contributed by atoms with van der Waals surface area (Å²) in [5.41, 5.74) is 8.14. The van der Waals surface area contributed by atoms with Crippen molar-refractivity contribution in [1.82, 2.24) is 15.1 Å². The van der Waals surface area contributed by atoms with Crippen molar-refractivity contribution in [3.63, 3.8) is 0 Å². The molecule has 0 bridgehead atoms. The Hall–Kier alpha value is -1.52. The summed E-state index contributed by atoms with van der Waals surface area (Å²) in [6.07, 6.45) is 3.40. The summed E-state index contributed by atoms with van der Waals surface area (Å²) < 4.78 is 1.66. The van der Waals surface area contributed by atoms with E-state index in [4.69, 9.17) is 5.73 Å². The molecule has 0 spiro atoms. The predicted molar refractivity (Wildman–Crippen MR) is 77.8 cm³/mol. The van der Waals surface area contributed by atoms with Crippen molar-refractivity contribution >= 4 is 11.6 Å². The van der Waals surface area contributed by atoms with Crippen LogP contribution < -0.4 is 11.1 Å². The fourth-order valence-electron chi connectivity index (χ4n) is 1.96. The van der Waals surface area contributed by atoms with Crippen molar-refractivity contribution in [2.45, 2.75) is 53.5 Å². The van der Waals surface area contributed by atoms with Crippen LogP contribution >= 0.6 is 0 Å². The summed E-state index contributed by atoms with van der Waals surface area (Å²) in [6, 6.07) is 0. The van der Waals surface area contributed by atoms with Crippen molar-refractivity contribution in [2.75, 3.05) is 12.3 Å². The van der Waals surface area contributed by atoms with E-state index in [1.807, 2.05) is 13.8 Å². The fourth-order valence-corrected chi connectivity index (χ4v) is 1.96. The van der Waals surface area contributed by atoms with Gasteiger partial charge in [0.2, 0.25) is 5.91 Å². The lowest BCUT2D eigenvalue weighted by molar-refractivity contribution is -0.121. The molecule has 0 aliphatic rings. The fraction of sp³-hybridized carbons (Fsp3) is 0.714. The van der Waals surface area contributed by atoms with Crippen LogP contribution in [0.3, 0.4) is 0 Å². The highest BCUT2D eigenvalue weighted by atomic mass is 16.2. The number of aromatic nitrogens is 2. The minimum Gasteiger partial charge on any atom is -0.396 e. The second kappa shape index (κ2) is 7.16. The van der Waals surface area contributed by atoms with Crippen LogP contribution in [-0.2, 0) is 11.3 Å². The Bertz CT molecular complexity index is 423. The molecule has 1 amide bonds. The number of carbonyl (C=O) groups is 1. The van der Waals surface area contributed by atoms with E-state index in [9.17, 15) is 4.79 Å². The molecule has 0 aliphatic carbocycles. The van der Waals surface area contributed by atoms with E-state index in [1.165, 1.54) is 6.42 Å². The molecule has 108 valence electrons. The monoisotopic (exact) mass is 266 g/mol. The molecule has 3 N–H and O–H groups in total.